The van der Waals surface area contributed by atoms with Crippen LogP contribution in [0.25, 0.3) is 0 Å². The van der Waals surface area contributed by atoms with Crippen LogP contribution < -0.4 is 10.2 Å². The third-order valence-electron chi connectivity index (χ3n) is 4.07. The number of hydrogen-bond acceptors (Lipinski definition) is 2. The minimum atomic E-state index is -4.48. The summed E-state index contributed by atoms with van der Waals surface area (Å²) in [5.41, 5.74) is 1.83. The van der Waals surface area contributed by atoms with Crippen LogP contribution in [-0.4, -0.2) is 18.4 Å². The minimum Gasteiger partial charge on any atom is -0.326 e. The number of benzene rings is 2. The Balaban J connectivity index is 2.07. The summed E-state index contributed by atoms with van der Waals surface area (Å²) in [6.07, 6.45) is -4.52. The Hall–Kier alpha value is -2.83. The molecule has 2 aromatic rings. The van der Waals surface area contributed by atoms with Crippen LogP contribution in [0.2, 0.25) is 0 Å². The quantitative estimate of drug-likeness (QED) is 0.820. The highest BCUT2D eigenvalue weighted by Crippen LogP contribution is 2.30. The zero-order chi connectivity index (χ0) is 20.2. The predicted octanol–water partition coefficient (Wildman–Crippen LogP) is 4.70. The van der Waals surface area contributed by atoms with Gasteiger partial charge >= 0.3 is 6.18 Å². The first-order valence-corrected chi connectivity index (χ1v) is 8.40. The lowest BCUT2D eigenvalue weighted by atomic mass is 10.1. The highest BCUT2D eigenvalue weighted by Gasteiger charge is 2.30. The molecule has 0 radical (unpaired) electrons. The monoisotopic (exact) mass is 378 g/mol. The first kappa shape index (κ1) is 20.5. The molecule has 0 saturated heterocycles. The predicted molar refractivity (Wildman–Crippen MR) is 98.6 cm³/mol. The van der Waals surface area contributed by atoms with Crippen LogP contribution in [0, 0.1) is 13.8 Å². The van der Waals surface area contributed by atoms with Crippen LogP contribution in [0.1, 0.15) is 30.0 Å². The van der Waals surface area contributed by atoms with Gasteiger partial charge in [0.15, 0.2) is 0 Å². The molecule has 0 heterocycles. The van der Waals surface area contributed by atoms with Crippen molar-refractivity contribution in [2.24, 2.45) is 0 Å². The smallest absolute Gasteiger partial charge is 0.326 e. The van der Waals surface area contributed by atoms with Gasteiger partial charge in [-0.3, -0.25) is 9.59 Å². The maximum atomic E-state index is 12.7. The Morgan fingerprint density at radius 1 is 1.07 bits per heavy atom. The van der Waals surface area contributed by atoms with E-state index >= 15 is 0 Å². The maximum absolute atomic E-state index is 12.7. The SMILES string of the molecule is CC(=O)N(CCC(=O)Nc1cccc(C(F)(F)F)c1)c1cc(C)ccc1C. The number of aryl methyl sites for hydroxylation is 2. The largest absolute Gasteiger partial charge is 0.416 e. The third kappa shape index (κ3) is 5.57. The third-order valence-corrected chi connectivity index (χ3v) is 4.07. The van der Waals surface area contributed by atoms with Crippen molar-refractivity contribution in [3.63, 3.8) is 0 Å². The average Bonchev–Trinajstić information content (AvgIpc) is 2.57. The summed E-state index contributed by atoms with van der Waals surface area (Å²) in [4.78, 5) is 25.7. The van der Waals surface area contributed by atoms with Crippen molar-refractivity contribution >= 4 is 23.2 Å². The highest BCUT2D eigenvalue weighted by atomic mass is 19.4. The van der Waals surface area contributed by atoms with Crippen molar-refractivity contribution in [2.45, 2.75) is 33.4 Å². The standard InChI is InChI=1S/C20H21F3N2O2/c1-13-7-8-14(2)18(11-13)25(15(3)26)10-9-19(27)24-17-6-4-5-16(12-17)20(21,22)23/h4-8,11-12H,9-10H2,1-3H3,(H,24,27). The van der Waals surface area contributed by atoms with Crippen LogP contribution in [-0.2, 0) is 15.8 Å². The Kier molecular flexibility index (Phi) is 6.25. The van der Waals surface area contributed by atoms with E-state index in [-0.39, 0.29) is 24.6 Å². The van der Waals surface area contributed by atoms with Crippen LogP contribution in [0.3, 0.4) is 0 Å². The number of hydrogen-bond donors (Lipinski definition) is 1. The molecule has 0 fully saturated rings. The molecular formula is C20H21F3N2O2. The molecule has 2 amide bonds. The van der Waals surface area contributed by atoms with Gasteiger partial charge in [-0.05, 0) is 49.2 Å². The number of carbonyl (C=O) groups excluding carboxylic acids is 2. The number of nitrogens with one attached hydrogen (secondary N) is 1. The maximum Gasteiger partial charge on any atom is 0.416 e. The zero-order valence-electron chi connectivity index (χ0n) is 15.4. The van der Waals surface area contributed by atoms with E-state index in [9.17, 15) is 22.8 Å². The number of rotatable bonds is 5. The van der Waals surface area contributed by atoms with Gasteiger partial charge in [-0.2, -0.15) is 13.2 Å². The molecule has 7 heteroatoms. The molecule has 4 nitrogen and oxygen atoms in total. The summed E-state index contributed by atoms with van der Waals surface area (Å²) >= 11 is 0. The molecule has 2 rings (SSSR count). The van der Waals surface area contributed by atoms with E-state index in [0.29, 0.717) is 0 Å². The molecule has 0 aromatic heterocycles. The van der Waals surface area contributed by atoms with E-state index in [2.05, 4.69) is 5.32 Å². The lowest BCUT2D eigenvalue weighted by Gasteiger charge is -2.23. The molecule has 0 aliphatic carbocycles. The highest BCUT2D eigenvalue weighted by molar-refractivity contribution is 5.95. The molecule has 0 saturated carbocycles. The molecule has 0 spiro atoms. The number of nitrogens with zero attached hydrogens (tertiary/aromatic N) is 1. The lowest BCUT2D eigenvalue weighted by Crippen LogP contribution is -2.32. The Labute approximate surface area is 156 Å². The fourth-order valence-corrected chi connectivity index (χ4v) is 2.67. The first-order chi connectivity index (χ1) is 12.6. The molecule has 0 atom stereocenters. The van der Waals surface area contributed by atoms with Crippen molar-refractivity contribution in [1.29, 1.82) is 0 Å². The fourth-order valence-electron chi connectivity index (χ4n) is 2.67. The van der Waals surface area contributed by atoms with Crippen LogP contribution in [0.4, 0.5) is 24.5 Å². The minimum absolute atomic E-state index is 0.0385. The van der Waals surface area contributed by atoms with Gasteiger partial charge in [0, 0.05) is 31.3 Å². The second-order valence-corrected chi connectivity index (χ2v) is 6.34. The molecule has 0 unspecified atom stereocenters. The Morgan fingerprint density at radius 3 is 2.41 bits per heavy atom. The number of alkyl halides is 3. The van der Waals surface area contributed by atoms with Crippen LogP contribution >= 0.6 is 0 Å². The Bertz CT molecular complexity index is 847. The number of halogens is 3. The molecule has 1 N–H and O–H groups in total. The fraction of sp³-hybridized carbons (Fsp3) is 0.300. The van der Waals surface area contributed by atoms with Crippen molar-refractivity contribution in [1.82, 2.24) is 0 Å². The summed E-state index contributed by atoms with van der Waals surface area (Å²) in [6.45, 7) is 5.31. The topological polar surface area (TPSA) is 49.4 Å². The summed E-state index contributed by atoms with van der Waals surface area (Å²) in [6, 6.07) is 10.1. The van der Waals surface area contributed by atoms with Gasteiger partial charge in [0.25, 0.3) is 0 Å². The van der Waals surface area contributed by atoms with E-state index in [1.807, 2.05) is 32.0 Å². The van der Waals surface area contributed by atoms with Crippen molar-refractivity contribution in [2.75, 3.05) is 16.8 Å². The van der Waals surface area contributed by atoms with E-state index < -0.39 is 17.6 Å². The molecular weight excluding hydrogens is 357 g/mol. The summed E-state index contributed by atoms with van der Waals surface area (Å²) in [5.74, 6) is -0.679. The van der Waals surface area contributed by atoms with E-state index in [1.165, 1.54) is 24.0 Å². The zero-order valence-corrected chi connectivity index (χ0v) is 15.4. The number of amides is 2. The second kappa shape index (κ2) is 8.24. The summed E-state index contributed by atoms with van der Waals surface area (Å²) < 4.78 is 38.2. The summed E-state index contributed by atoms with van der Waals surface area (Å²) in [5, 5.41) is 2.45. The van der Waals surface area contributed by atoms with E-state index in [4.69, 9.17) is 0 Å². The second-order valence-electron chi connectivity index (χ2n) is 6.34. The molecule has 144 valence electrons. The van der Waals surface area contributed by atoms with Crippen LogP contribution in [0.15, 0.2) is 42.5 Å². The average molecular weight is 378 g/mol. The first-order valence-electron chi connectivity index (χ1n) is 8.40. The van der Waals surface area contributed by atoms with Gasteiger partial charge < -0.3 is 10.2 Å². The number of carbonyl (C=O) groups is 2. The number of anilines is 2. The molecule has 0 aliphatic rings. The van der Waals surface area contributed by atoms with Crippen molar-refractivity contribution in [3.05, 3.63) is 59.2 Å². The molecule has 27 heavy (non-hydrogen) atoms. The Morgan fingerprint density at radius 2 is 1.78 bits per heavy atom. The van der Waals surface area contributed by atoms with Gasteiger partial charge in [0.2, 0.25) is 11.8 Å². The van der Waals surface area contributed by atoms with Crippen molar-refractivity contribution in [3.8, 4) is 0 Å². The van der Waals surface area contributed by atoms with Gasteiger partial charge in [0.05, 0.1) is 5.56 Å². The lowest BCUT2D eigenvalue weighted by molar-refractivity contribution is -0.137. The van der Waals surface area contributed by atoms with Gasteiger partial charge in [-0.1, -0.05) is 18.2 Å². The van der Waals surface area contributed by atoms with Crippen LogP contribution in [0.5, 0.6) is 0 Å². The molecule has 2 aromatic carbocycles. The van der Waals surface area contributed by atoms with Gasteiger partial charge in [-0.25, -0.2) is 0 Å². The van der Waals surface area contributed by atoms with Gasteiger partial charge in [-0.15, -0.1) is 0 Å². The summed E-state index contributed by atoms with van der Waals surface area (Å²) in [7, 11) is 0. The van der Waals surface area contributed by atoms with E-state index in [1.54, 1.807) is 0 Å². The molecule has 0 bridgehead atoms. The van der Waals surface area contributed by atoms with Crippen molar-refractivity contribution < 1.29 is 22.8 Å². The van der Waals surface area contributed by atoms with E-state index in [0.717, 1.165) is 28.9 Å². The van der Waals surface area contributed by atoms with Gasteiger partial charge in [0.1, 0.15) is 0 Å². The molecule has 0 aliphatic heterocycles. The normalized spacial score (nSPS) is 11.2.